The van der Waals surface area contributed by atoms with Crippen molar-refractivity contribution in [3.05, 3.63) is 19.2 Å². The van der Waals surface area contributed by atoms with Crippen LogP contribution in [0, 0.1) is 5.92 Å². The highest BCUT2D eigenvalue weighted by Crippen LogP contribution is 2.32. The zero-order valence-corrected chi connectivity index (χ0v) is 12.3. The molecule has 2 heterocycles. The SMILES string of the molecule is Brc1cc(CNCC2CCOC2)sc1Br. The lowest BCUT2D eigenvalue weighted by Crippen LogP contribution is -2.22. The maximum atomic E-state index is 5.33. The zero-order chi connectivity index (χ0) is 10.7. The lowest BCUT2D eigenvalue weighted by Gasteiger charge is -2.07. The Bertz CT molecular complexity index is 304. The monoisotopic (exact) mass is 353 g/mol. The number of rotatable bonds is 4. The second-order valence-electron chi connectivity index (χ2n) is 3.69. The molecule has 1 unspecified atom stereocenters. The van der Waals surface area contributed by atoms with Gasteiger partial charge in [-0.05, 0) is 50.3 Å². The van der Waals surface area contributed by atoms with Crippen LogP contribution in [0.2, 0.25) is 0 Å². The van der Waals surface area contributed by atoms with Crippen LogP contribution in [-0.2, 0) is 11.3 Å². The Kier molecular flexibility index (Phi) is 4.64. The fourth-order valence-corrected chi connectivity index (χ4v) is 3.77. The molecule has 1 fully saturated rings. The van der Waals surface area contributed by atoms with Gasteiger partial charge in [0.15, 0.2) is 0 Å². The second kappa shape index (κ2) is 5.77. The Morgan fingerprint density at radius 1 is 1.53 bits per heavy atom. The summed E-state index contributed by atoms with van der Waals surface area (Å²) in [6.45, 7) is 3.87. The molecule has 2 rings (SSSR count). The van der Waals surface area contributed by atoms with E-state index in [-0.39, 0.29) is 0 Å². The summed E-state index contributed by atoms with van der Waals surface area (Å²) in [4.78, 5) is 1.35. The molecule has 5 heteroatoms. The van der Waals surface area contributed by atoms with Gasteiger partial charge in [0.1, 0.15) is 0 Å². The quantitative estimate of drug-likeness (QED) is 0.894. The summed E-state index contributed by atoms with van der Waals surface area (Å²) in [5, 5.41) is 3.47. The molecule has 0 saturated carbocycles. The average molecular weight is 355 g/mol. The normalized spacial score (nSPS) is 21.1. The van der Waals surface area contributed by atoms with Crippen molar-refractivity contribution in [2.75, 3.05) is 19.8 Å². The molecule has 1 atom stereocenters. The number of nitrogens with one attached hydrogen (secondary N) is 1. The van der Waals surface area contributed by atoms with E-state index in [2.05, 4.69) is 43.2 Å². The predicted octanol–water partition coefficient (Wildman–Crippen LogP) is 3.40. The molecule has 15 heavy (non-hydrogen) atoms. The minimum Gasteiger partial charge on any atom is -0.381 e. The lowest BCUT2D eigenvalue weighted by atomic mass is 10.1. The van der Waals surface area contributed by atoms with Gasteiger partial charge in [-0.3, -0.25) is 0 Å². The van der Waals surface area contributed by atoms with Crippen LogP contribution in [0.4, 0.5) is 0 Å². The van der Waals surface area contributed by atoms with Crippen LogP contribution in [0.15, 0.2) is 14.3 Å². The summed E-state index contributed by atoms with van der Waals surface area (Å²) >= 11 is 8.76. The van der Waals surface area contributed by atoms with Crippen LogP contribution in [-0.4, -0.2) is 19.8 Å². The van der Waals surface area contributed by atoms with Crippen molar-refractivity contribution >= 4 is 43.2 Å². The highest BCUT2D eigenvalue weighted by atomic mass is 79.9. The van der Waals surface area contributed by atoms with Gasteiger partial charge in [0.25, 0.3) is 0 Å². The third kappa shape index (κ3) is 3.53. The summed E-state index contributed by atoms with van der Waals surface area (Å²) in [6.07, 6.45) is 1.20. The number of hydrogen-bond acceptors (Lipinski definition) is 3. The fourth-order valence-electron chi connectivity index (χ4n) is 1.62. The van der Waals surface area contributed by atoms with E-state index in [0.29, 0.717) is 5.92 Å². The molecule has 0 bridgehead atoms. The van der Waals surface area contributed by atoms with Gasteiger partial charge in [0, 0.05) is 29.0 Å². The van der Waals surface area contributed by atoms with E-state index in [1.165, 1.54) is 15.1 Å². The van der Waals surface area contributed by atoms with E-state index in [0.717, 1.165) is 30.8 Å². The lowest BCUT2D eigenvalue weighted by molar-refractivity contribution is 0.185. The van der Waals surface area contributed by atoms with Crippen molar-refractivity contribution in [2.24, 2.45) is 5.92 Å². The molecule has 0 spiro atoms. The number of halogens is 2. The first kappa shape index (κ1) is 12.0. The number of ether oxygens (including phenoxy) is 1. The van der Waals surface area contributed by atoms with Gasteiger partial charge in [-0.1, -0.05) is 0 Å². The maximum absolute atomic E-state index is 5.33. The molecule has 1 aromatic rings. The van der Waals surface area contributed by atoms with Crippen LogP contribution in [0.25, 0.3) is 0 Å². The number of thiophene rings is 1. The Balaban J connectivity index is 1.73. The molecule has 0 radical (unpaired) electrons. The average Bonchev–Trinajstić information content (AvgIpc) is 2.79. The first-order chi connectivity index (χ1) is 7.25. The van der Waals surface area contributed by atoms with E-state index in [4.69, 9.17) is 4.74 Å². The van der Waals surface area contributed by atoms with Crippen molar-refractivity contribution in [3.63, 3.8) is 0 Å². The van der Waals surface area contributed by atoms with Crippen molar-refractivity contribution in [1.29, 1.82) is 0 Å². The van der Waals surface area contributed by atoms with Crippen molar-refractivity contribution in [1.82, 2.24) is 5.32 Å². The summed E-state index contributed by atoms with van der Waals surface area (Å²) < 4.78 is 7.65. The highest BCUT2D eigenvalue weighted by molar-refractivity contribution is 9.13. The topological polar surface area (TPSA) is 21.3 Å². The molecule has 1 N–H and O–H groups in total. The van der Waals surface area contributed by atoms with Gasteiger partial charge in [-0.25, -0.2) is 0 Å². The minimum atomic E-state index is 0.705. The molecular weight excluding hydrogens is 342 g/mol. The van der Waals surface area contributed by atoms with Crippen LogP contribution in [0.5, 0.6) is 0 Å². The third-order valence-corrected chi connectivity index (χ3v) is 5.71. The number of hydrogen-bond donors (Lipinski definition) is 1. The summed E-state index contributed by atoms with van der Waals surface area (Å²) in [7, 11) is 0. The van der Waals surface area contributed by atoms with Crippen LogP contribution in [0.1, 0.15) is 11.3 Å². The molecule has 1 aromatic heterocycles. The second-order valence-corrected chi connectivity index (χ2v) is 7.00. The third-order valence-electron chi connectivity index (χ3n) is 2.45. The van der Waals surface area contributed by atoms with Crippen molar-refractivity contribution in [2.45, 2.75) is 13.0 Å². The van der Waals surface area contributed by atoms with E-state index >= 15 is 0 Å². The first-order valence-corrected chi connectivity index (χ1v) is 7.38. The van der Waals surface area contributed by atoms with Crippen LogP contribution in [0.3, 0.4) is 0 Å². The van der Waals surface area contributed by atoms with Gasteiger partial charge in [0.2, 0.25) is 0 Å². The van der Waals surface area contributed by atoms with E-state index < -0.39 is 0 Å². The molecule has 0 aromatic carbocycles. The van der Waals surface area contributed by atoms with Crippen LogP contribution < -0.4 is 5.32 Å². The standard InChI is InChI=1S/C10H13Br2NOS/c11-9-3-8(15-10(9)12)5-13-4-7-1-2-14-6-7/h3,7,13H,1-2,4-6H2. The minimum absolute atomic E-state index is 0.705. The summed E-state index contributed by atoms with van der Waals surface area (Å²) in [5.41, 5.74) is 0. The predicted molar refractivity (Wildman–Crippen MR) is 70.4 cm³/mol. The molecule has 1 aliphatic rings. The van der Waals surface area contributed by atoms with Gasteiger partial charge in [-0.15, -0.1) is 11.3 Å². The molecule has 1 aliphatic heterocycles. The Morgan fingerprint density at radius 2 is 2.40 bits per heavy atom. The van der Waals surface area contributed by atoms with Gasteiger partial charge < -0.3 is 10.1 Å². The smallest absolute Gasteiger partial charge is 0.0843 e. The molecule has 0 aliphatic carbocycles. The zero-order valence-electron chi connectivity index (χ0n) is 8.26. The van der Waals surface area contributed by atoms with Crippen LogP contribution >= 0.6 is 43.2 Å². The van der Waals surface area contributed by atoms with Crippen molar-refractivity contribution in [3.8, 4) is 0 Å². The Morgan fingerprint density at radius 3 is 3.00 bits per heavy atom. The highest BCUT2D eigenvalue weighted by Gasteiger charge is 2.14. The van der Waals surface area contributed by atoms with Gasteiger partial charge >= 0.3 is 0 Å². The van der Waals surface area contributed by atoms with E-state index in [1.807, 2.05) is 0 Å². The van der Waals surface area contributed by atoms with Gasteiger partial charge in [0.05, 0.1) is 10.4 Å². The summed E-state index contributed by atoms with van der Waals surface area (Å²) in [6, 6.07) is 2.16. The molecule has 2 nitrogen and oxygen atoms in total. The molecule has 0 amide bonds. The summed E-state index contributed by atoms with van der Waals surface area (Å²) in [5.74, 6) is 0.705. The Labute approximate surface area is 111 Å². The largest absolute Gasteiger partial charge is 0.381 e. The fraction of sp³-hybridized carbons (Fsp3) is 0.600. The molecular formula is C10H13Br2NOS. The first-order valence-electron chi connectivity index (χ1n) is 4.98. The molecule has 84 valence electrons. The maximum Gasteiger partial charge on any atom is 0.0843 e. The van der Waals surface area contributed by atoms with Gasteiger partial charge in [-0.2, -0.15) is 0 Å². The Hall–Kier alpha value is 0.580. The molecule has 1 saturated heterocycles. The van der Waals surface area contributed by atoms with Crippen molar-refractivity contribution < 1.29 is 4.74 Å². The van der Waals surface area contributed by atoms with E-state index in [1.54, 1.807) is 11.3 Å². The van der Waals surface area contributed by atoms with E-state index in [9.17, 15) is 0 Å².